The molecule has 0 rings (SSSR count). The van der Waals surface area contributed by atoms with E-state index < -0.39 is 5.97 Å². The molecular formula is C6H12N2O3. The molecule has 0 fully saturated rings. The highest BCUT2D eigenvalue weighted by atomic mass is 16.4. The third-order valence-electron chi connectivity index (χ3n) is 1.01. The Kier molecular flexibility index (Phi) is 4.17. The van der Waals surface area contributed by atoms with Crippen LogP contribution < -0.4 is 0 Å². The van der Waals surface area contributed by atoms with Crippen LogP contribution in [0.4, 0.5) is 0 Å². The van der Waals surface area contributed by atoms with Crippen LogP contribution in [0.1, 0.15) is 13.8 Å². The van der Waals surface area contributed by atoms with Gasteiger partial charge in [-0.1, -0.05) is 13.8 Å². The number of hydrogen-bond acceptors (Lipinski definition) is 3. The highest BCUT2D eigenvalue weighted by Crippen LogP contribution is 1.97. The van der Waals surface area contributed by atoms with Crippen LogP contribution in [-0.4, -0.2) is 29.2 Å². The SMILES string of the molecule is CC(C)CN(CC(=O)O)N=O. The van der Waals surface area contributed by atoms with Crippen LogP contribution in [0.2, 0.25) is 0 Å². The molecule has 1 N–H and O–H groups in total. The van der Waals surface area contributed by atoms with E-state index in [1.165, 1.54) is 0 Å². The molecule has 0 aliphatic rings. The Balaban J connectivity index is 3.76. The molecule has 11 heavy (non-hydrogen) atoms. The summed E-state index contributed by atoms with van der Waals surface area (Å²) in [6, 6.07) is 0. The minimum absolute atomic E-state index is 0.243. The Morgan fingerprint density at radius 1 is 1.64 bits per heavy atom. The van der Waals surface area contributed by atoms with Gasteiger partial charge in [0, 0.05) is 6.54 Å². The zero-order chi connectivity index (χ0) is 8.85. The van der Waals surface area contributed by atoms with Gasteiger partial charge in [0.05, 0.1) is 5.29 Å². The molecule has 0 saturated heterocycles. The minimum Gasteiger partial charge on any atom is -0.480 e. The van der Waals surface area contributed by atoms with Crippen molar-refractivity contribution in [3.8, 4) is 0 Å². The lowest BCUT2D eigenvalue weighted by molar-refractivity contribution is -0.138. The molecule has 0 bridgehead atoms. The van der Waals surface area contributed by atoms with Gasteiger partial charge in [0.25, 0.3) is 0 Å². The first-order valence-electron chi connectivity index (χ1n) is 3.36. The van der Waals surface area contributed by atoms with Gasteiger partial charge in [-0.05, 0) is 5.92 Å². The Labute approximate surface area is 64.9 Å². The lowest BCUT2D eigenvalue weighted by Gasteiger charge is -2.14. The van der Waals surface area contributed by atoms with Crippen LogP contribution in [0.15, 0.2) is 5.29 Å². The van der Waals surface area contributed by atoms with Crippen LogP contribution in [0.5, 0.6) is 0 Å². The summed E-state index contributed by atoms with van der Waals surface area (Å²) in [6.07, 6.45) is 0. The van der Waals surface area contributed by atoms with Gasteiger partial charge >= 0.3 is 5.97 Å². The summed E-state index contributed by atoms with van der Waals surface area (Å²) >= 11 is 0. The topological polar surface area (TPSA) is 70.0 Å². The second-order valence-corrected chi connectivity index (χ2v) is 2.72. The van der Waals surface area contributed by atoms with Gasteiger partial charge in [-0.25, -0.2) is 5.01 Å². The molecule has 0 unspecified atom stereocenters. The van der Waals surface area contributed by atoms with E-state index in [1.807, 2.05) is 13.8 Å². The number of aliphatic carboxylic acids is 1. The lowest BCUT2D eigenvalue weighted by atomic mass is 10.2. The van der Waals surface area contributed by atoms with Crippen molar-refractivity contribution < 1.29 is 9.90 Å². The third-order valence-corrected chi connectivity index (χ3v) is 1.01. The maximum absolute atomic E-state index is 10.1. The zero-order valence-electron chi connectivity index (χ0n) is 6.65. The quantitative estimate of drug-likeness (QED) is 0.475. The molecule has 0 aromatic carbocycles. The standard InChI is InChI=1S/C6H12N2O3/c1-5(2)3-8(7-11)4-6(9)10/h5H,3-4H2,1-2H3,(H,9,10). The van der Waals surface area contributed by atoms with E-state index in [4.69, 9.17) is 5.11 Å². The van der Waals surface area contributed by atoms with Crippen LogP contribution >= 0.6 is 0 Å². The van der Waals surface area contributed by atoms with Crippen LogP contribution in [0.25, 0.3) is 0 Å². The summed E-state index contributed by atoms with van der Waals surface area (Å²) in [5.41, 5.74) is 0. The first-order valence-corrected chi connectivity index (χ1v) is 3.36. The van der Waals surface area contributed by atoms with Crippen molar-refractivity contribution in [1.82, 2.24) is 5.01 Å². The Morgan fingerprint density at radius 2 is 2.18 bits per heavy atom. The Hall–Kier alpha value is -1.13. The fourth-order valence-electron chi connectivity index (χ4n) is 0.704. The van der Waals surface area contributed by atoms with Gasteiger partial charge in [0.15, 0.2) is 0 Å². The second kappa shape index (κ2) is 4.65. The molecule has 0 amide bonds. The van der Waals surface area contributed by atoms with Crippen molar-refractivity contribution in [2.45, 2.75) is 13.8 Å². The van der Waals surface area contributed by atoms with Crippen molar-refractivity contribution in [2.75, 3.05) is 13.1 Å². The van der Waals surface area contributed by atoms with E-state index in [2.05, 4.69) is 5.29 Å². The Bertz CT molecular complexity index is 147. The van der Waals surface area contributed by atoms with Gasteiger partial charge < -0.3 is 5.11 Å². The molecule has 0 aliphatic heterocycles. The summed E-state index contributed by atoms with van der Waals surface area (Å²) in [4.78, 5) is 20.1. The van der Waals surface area contributed by atoms with Gasteiger partial charge in [-0.2, -0.15) is 0 Å². The van der Waals surface area contributed by atoms with Crippen LogP contribution in [-0.2, 0) is 4.79 Å². The molecule has 0 aromatic rings. The number of rotatable bonds is 5. The normalized spacial score (nSPS) is 9.73. The maximum Gasteiger partial charge on any atom is 0.324 e. The second-order valence-electron chi connectivity index (χ2n) is 2.72. The predicted molar refractivity (Wildman–Crippen MR) is 39.8 cm³/mol. The number of hydrogen-bond donors (Lipinski definition) is 1. The third kappa shape index (κ3) is 5.32. The largest absolute Gasteiger partial charge is 0.480 e. The smallest absolute Gasteiger partial charge is 0.324 e. The van der Waals surface area contributed by atoms with Crippen molar-refractivity contribution in [2.24, 2.45) is 11.2 Å². The van der Waals surface area contributed by atoms with Gasteiger partial charge in [-0.3, -0.25) is 4.79 Å². The van der Waals surface area contributed by atoms with E-state index in [0.29, 0.717) is 6.54 Å². The molecule has 0 radical (unpaired) electrons. The van der Waals surface area contributed by atoms with E-state index in [0.717, 1.165) is 5.01 Å². The molecule has 5 heteroatoms. The molecule has 0 aromatic heterocycles. The molecule has 0 spiro atoms. The average molecular weight is 160 g/mol. The summed E-state index contributed by atoms with van der Waals surface area (Å²) < 4.78 is 0. The van der Waals surface area contributed by atoms with E-state index in [-0.39, 0.29) is 12.5 Å². The van der Waals surface area contributed by atoms with Gasteiger partial charge in [0.1, 0.15) is 6.54 Å². The molecule has 5 nitrogen and oxygen atoms in total. The molecular weight excluding hydrogens is 148 g/mol. The molecule has 0 heterocycles. The fraction of sp³-hybridized carbons (Fsp3) is 0.833. The van der Waals surface area contributed by atoms with Crippen molar-refractivity contribution >= 4 is 5.97 Å². The predicted octanol–water partition coefficient (Wildman–Crippen LogP) is 0.710. The van der Waals surface area contributed by atoms with Gasteiger partial charge in [0.2, 0.25) is 0 Å². The Morgan fingerprint density at radius 3 is 2.45 bits per heavy atom. The molecule has 0 saturated carbocycles. The number of nitrogens with zero attached hydrogens (tertiary/aromatic N) is 2. The summed E-state index contributed by atoms with van der Waals surface area (Å²) in [7, 11) is 0. The first kappa shape index (κ1) is 9.87. The minimum atomic E-state index is -1.04. The summed E-state index contributed by atoms with van der Waals surface area (Å²) in [5.74, 6) is -0.794. The van der Waals surface area contributed by atoms with Gasteiger partial charge in [-0.15, -0.1) is 4.91 Å². The van der Waals surface area contributed by atoms with E-state index in [9.17, 15) is 9.70 Å². The number of nitroso groups, excluding NO2 is 1. The zero-order valence-corrected chi connectivity index (χ0v) is 6.65. The lowest BCUT2D eigenvalue weighted by Crippen LogP contribution is -2.27. The molecule has 64 valence electrons. The highest BCUT2D eigenvalue weighted by molar-refractivity contribution is 5.68. The first-order chi connectivity index (χ1) is 5.06. The molecule has 0 aliphatic carbocycles. The monoisotopic (exact) mass is 160 g/mol. The average Bonchev–Trinajstić information content (AvgIpc) is 1.84. The number of carboxylic acids is 1. The summed E-state index contributed by atoms with van der Waals surface area (Å²) in [6.45, 7) is 3.84. The van der Waals surface area contributed by atoms with Crippen LogP contribution in [0.3, 0.4) is 0 Å². The van der Waals surface area contributed by atoms with Crippen molar-refractivity contribution in [3.05, 3.63) is 4.91 Å². The molecule has 0 atom stereocenters. The fourth-order valence-corrected chi connectivity index (χ4v) is 0.704. The number of carboxylic acid groups (broad SMARTS) is 1. The van der Waals surface area contributed by atoms with E-state index >= 15 is 0 Å². The van der Waals surface area contributed by atoms with Crippen molar-refractivity contribution in [3.63, 3.8) is 0 Å². The highest BCUT2D eigenvalue weighted by Gasteiger charge is 2.09. The van der Waals surface area contributed by atoms with E-state index in [1.54, 1.807) is 0 Å². The number of carbonyl (C=O) groups is 1. The maximum atomic E-state index is 10.1. The van der Waals surface area contributed by atoms with Crippen molar-refractivity contribution in [1.29, 1.82) is 0 Å². The summed E-state index contributed by atoms with van der Waals surface area (Å²) in [5, 5.41) is 11.9. The van der Waals surface area contributed by atoms with Crippen LogP contribution in [0, 0.1) is 10.8 Å².